The molecule has 0 amide bonds. The van der Waals surface area contributed by atoms with Gasteiger partial charge in [-0.3, -0.25) is 0 Å². The van der Waals surface area contributed by atoms with Crippen molar-refractivity contribution in [1.82, 2.24) is 5.32 Å². The van der Waals surface area contributed by atoms with Crippen molar-refractivity contribution < 1.29 is 0 Å². The molecule has 2 atom stereocenters. The number of nitrogens with two attached hydrogens (primary N) is 1. The highest BCUT2D eigenvalue weighted by atomic mass is 14.9. The monoisotopic (exact) mass is 208 g/mol. The van der Waals surface area contributed by atoms with Crippen LogP contribution in [0.1, 0.15) is 44.9 Å². The molecule has 0 aromatic heterocycles. The second-order valence-electron chi connectivity index (χ2n) is 4.99. The standard InChI is InChI=1S/C13H24N2/c14-10-12-6-3-7-13(12)15-9-8-11-4-1-2-5-11/h4,12-13,15H,1-3,5-10,14H2. The largest absolute Gasteiger partial charge is 0.330 e. The molecule has 0 bridgehead atoms. The number of hydrogen-bond donors (Lipinski definition) is 2. The van der Waals surface area contributed by atoms with Crippen LogP contribution in [0.2, 0.25) is 0 Å². The molecule has 0 radical (unpaired) electrons. The third-order valence-corrected chi connectivity index (χ3v) is 3.95. The summed E-state index contributed by atoms with van der Waals surface area (Å²) in [7, 11) is 0. The Labute approximate surface area is 93.3 Å². The van der Waals surface area contributed by atoms with Gasteiger partial charge in [0.05, 0.1) is 0 Å². The first-order valence-corrected chi connectivity index (χ1v) is 6.51. The molecular weight excluding hydrogens is 184 g/mol. The molecule has 2 aliphatic carbocycles. The molecule has 0 saturated heterocycles. The molecule has 2 rings (SSSR count). The highest BCUT2D eigenvalue weighted by molar-refractivity contribution is 5.07. The summed E-state index contributed by atoms with van der Waals surface area (Å²) in [4.78, 5) is 0. The van der Waals surface area contributed by atoms with E-state index in [1.165, 1.54) is 44.9 Å². The summed E-state index contributed by atoms with van der Waals surface area (Å²) in [6, 6.07) is 0.706. The van der Waals surface area contributed by atoms with E-state index in [2.05, 4.69) is 11.4 Å². The Kier molecular flexibility index (Phi) is 4.21. The highest BCUT2D eigenvalue weighted by Crippen LogP contribution is 2.25. The number of nitrogens with one attached hydrogen (secondary N) is 1. The molecule has 86 valence electrons. The number of hydrogen-bond acceptors (Lipinski definition) is 2. The first-order chi connectivity index (χ1) is 7.40. The lowest BCUT2D eigenvalue weighted by atomic mass is 10.0. The van der Waals surface area contributed by atoms with Crippen LogP contribution in [0.15, 0.2) is 11.6 Å². The second kappa shape index (κ2) is 5.66. The first-order valence-electron chi connectivity index (χ1n) is 6.51. The molecule has 0 aliphatic heterocycles. The van der Waals surface area contributed by atoms with Gasteiger partial charge in [-0.15, -0.1) is 0 Å². The molecule has 0 spiro atoms. The molecule has 1 saturated carbocycles. The van der Waals surface area contributed by atoms with E-state index in [1.54, 1.807) is 5.57 Å². The minimum Gasteiger partial charge on any atom is -0.330 e. The summed E-state index contributed by atoms with van der Waals surface area (Å²) in [5, 5.41) is 3.69. The maximum atomic E-state index is 5.77. The second-order valence-corrected chi connectivity index (χ2v) is 4.99. The van der Waals surface area contributed by atoms with E-state index in [4.69, 9.17) is 5.73 Å². The van der Waals surface area contributed by atoms with E-state index in [0.29, 0.717) is 6.04 Å². The van der Waals surface area contributed by atoms with Crippen molar-refractivity contribution in [2.45, 2.75) is 51.0 Å². The fourth-order valence-corrected chi connectivity index (χ4v) is 2.97. The summed E-state index contributed by atoms with van der Waals surface area (Å²) in [6.07, 6.45) is 11.7. The molecule has 2 heteroatoms. The van der Waals surface area contributed by atoms with Crippen molar-refractivity contribution in [3.05, 3.63) is 11.6 Å². The maximum Gasteiger partial charge on any atom is 0.0107 e. The SMILES string of the molecule is NCC1CCCC1NCCC1=CCCC1. The van der Waals surface area contributed by atoms with Gasteiger partial charge in [0.2, 0.25) is 0 Å². The summed E-state index contributed by atoms with van der Waals surface area (Å²) in [6.45, 7) is 2.02. The van der Waals surface area contributed by atoms with Crippen LogP contribution >= 0.6 is 0 Å². The Balaban J connectivity index is 1.64. The van der Waals surface area contributed by atoms with Gasteiger partial charge in [0, 0.05) is 6.04 Å². The van der Waals surface area contributed by atoms with Crippen LogP contribution in [-0.4, -0.2) is 19.1 Å². The summed E-state index contributed by atoms with van der Waals surface area (Å²) in [5.41, 5.74) is 7.44. The van der Waals surface area contributed by atoms with Crippen LogP contribution in [-0.2, 0) is 0 Å². The van der Waals surface area contributed by atoms with Crippen molar-refractivity contribution in [2.75, 3.05) is 13.1 Å². The van der Waals surface area contributed by atoms with Gasteiger partial charge in [0.15, 0.2) is 0 Å². The zero-order valence-electron chi connectivity index (χ0n) is 9.67. The molecule has 2 unspecified atom stereocenters. The molecule has 0 aromatic rings. The highest BCUT2D eigenvalue weighted by Gasteiger charge is 2.25. The summed E-state index contributed by atoms with van der Waals surface area (Å²) >= 11 is 0. The van der Waals surface area contributed by atoms with Gasteiger partial charge in [0.1, 0.15) is 0 Å². The Morgan fingerprint density at radius 3 is 3.00 bits per heavy atom. The van der Waals surface area contributed by atoms with Gasteiger partial charge >= 0.3 is 0 Å². The van der Waals surface area contributed by atoms with Gasteiger partial charge in [-0.25, -0.2) is 0 Å². The van der Waals surface area contributed by atoms with Crippen molar-refractivity contribution in [1.29, 1.82) is 0 Å². The number of allylic oxidation sites excluding steroid dienone is 1. The molecule has 2 aliphatic rings. The molecule has 0 heterocycles. The minimum atomic E-state index is 0.706. The van der Waals surface area contributed by atoms with Crippen molar-refractivity contribution >= 4 is 0 Å². The minimum absolute atomic E-state index is 0.706. The third kappa shape index (κ3) is 3.05. The normalized spacial score (nSPS) is 30.9. The van der Waals surface area contributed by atoms with Crippen LogP contribution in [0.5, 0.6) is 0 Å². The van der Waals surface area contributed by atoms with Crippen molar-refractivity contribution in [3.8, 4) is 0 Å². The topological polar surface area (TPSA) is 38.0 Å². The number of rotatable bonds is 5. The fraction of sp³-hybridized carbons (Fsp3) is 0.846. The third-order valence-electron chi connectivity index (χ3n) is 3.95. The molecule has 15 heavy (non-hydrogen) atoms. The lowest BCUT2D eigenvalue weighted by Gasteiger charge is -2.19. The predicted molar refractivity (Wildman–Crippen MR) is 64.7 cm³/mol. The Bertz CT molecular complexity index is 223. The van der Waals surface area contributed by atoms with E-state index in [1.807, 2.05) is 0 Å². The molecule has 1 fully saturated rings. The van der Waals surface area contributed by atoms with Gasteiger partial charge < -0.3 is 11.1 Å². The van der Waals surface area contributed by atoms with E-state index in [9.17, 15) is 0 Å². The fourth-order valence-electron chi connectivity index (χ4n) is 2.97. The van der Waals surface area contributed by atoms with Crippen LogP contribution < -0.4 is 11.1 Å². The maximum absolute atomic E-state index is 5.77. The van der Waals surface area contributed by atoms with Crippen molar-refractivity contribution in [2.24, 2.45) is 11.7 Å². The van der Waals surface area contributed by atoms with Crippen LogP contribution in [0.25, 0.3) is 0 Å². The van der Waals surface area contributed by atoms with Crippen molar-refractivity contribution in [3.63, 3.8) is 0 Å². The Morgan fingerprint density at radius 1 is 1.33 bits per heavy atom. The molecule has 2 nitrogen and oxygen atoms in total. The van der Waals surface area contributed by atoms with Gasteiger partial charge in [-0.2, -0.15) is 0 Å². The quantitative estimate of drug-likeness (QED) is 0.680. The smallest absolute Gasteiger partial charge is 0.0107 e. The van der Waals surface area contributed by atoms with Crippen LogP contribution in [0.3, 0.4) is 0 Å². The summed E-state index contributed by atoms with van der Waals surface area (Å²) < 4.78 is 0. The van der Waals surface area contributed by atoms with Crippen LogP contribution in [0.4, 0.5) is 0 Å². The van der Waals surface area contributed by atoms with E-state index in [-0.39, 0.29) is 0 Å². The summed E-state index contributed by atoms with van der Waals surface area (Å²) in [5.74, 6) is 0.738. The van der Waals surface area contributed by atoms with E-state index >= 15 is 0 Å². The zero-order chi connectivity index (χ0) is 10.5. The first kappa shape index (κ1) is 11.2. The lowest BCUT2D eigenvalue weighted by molar-refractivity contribution is 0.409. The van der Waals surface area contributed by atoms with E-state index < -0.39 is 0 Å². The average molecular weight is 208 g/mol. The molecular formula is C13H24N2. The van der Waals surface area contributed by atoms with E-state index in [0.717, 1.165) is 19.0 Å². The molecule has 0 aromatic carbocycles. The average Bonchev–Trinajstić information content (AvgIpc) is 2.88. The predicted octanol–water partition coefficient (Wildman–Crippen LogP) is 2.20. The Morgan fingerprint density at radius 2 is 2.27 bits per heavy atom. The van der Waals surface area contributed by atoms with Crippen LogP contribution in [0, 0.1) is 5.92 Å². The Hall–Kier alpha value is -0.340. The van der Waals surface area contributed by atoms with Gasteiger partial charge in [0.25, 0.3) is 0 Å². The lowest BCUT2D eigenvalue weighted by Crippen LogP contribution is -2.36. The zero-order valence-corrected chi connectivity index (χ0v) is 9.67. The molecule has 3 N–H and O–H groups in total. The van der Waals surface area contributed by atoms with Gasteiger partial charge in [-0.1, -0.05) is 18.1 Å². The van der Waals surface area contributed by atoms with Gasteiger partial charge in [-0.05, 0) is 57.5 Å².